The Labute approximate surface area is 194 Å². The van der Waals surface area contributed by atoms with Crippen molar-refractivity contribution >= 4 is 29.8 Å². The third-order valence-corrected chi connectivity index (χ3v) is 3.26. The predicted molar refractivity (Wildman–Crippen MR) is 87.5 cm³/mol. The Morgan fingerprint density at radius 3 is 0.828 bits per heavy atom. The summed E-state index contributed by atoms with van der Waals surface area (Å²) in [7, 11) is 0. The molecule has 0 amide bonds. The first kappa shape index (κ1) is 32.2. The Balaban J connectivity index is -0.00000338. The second kappa shape index (κ2) is 17.4. The molecule has 0 heterocycles. The van der Waals surface area contributed by atoms with Gasteiger partial charge in [-0.2, -0.15) is 0 Å². The SMILES string of the molecule is O=C(O)CN(CCN(CC(=O)O)CC(=O)O)CCN(CC(=O)O)CC(=O)O.[Cl-].[Na+]. The molecule has 13 nitrogen and oxygen atoms in total. The van der Waals surface area contributed by atoms with Crippen LogP contribution in [0.2, 0.25) is 0 Å². The summed E-state index contributed by atoms with van der Waals surface area (Å²) < 4.78 is 0. The average molecular weight is 452 g/mol. The van der Waals surface area contributed by atoms with Crippen LogP contribution in [0.3, 0.4) is 0 Å². The fraction of sp³-hybridized carbons (Fsp3) is 0.643. The summed E-state index contributed by atoms with van der Waals surface area (Å²) in [5, 5.41) is 44.1. The second-order valence-corrected chi connectivity index (χ2v) is 5.67. The first-order valence-corrected chi connectivity index (χ1v) is 7.75. The van der Waals surface area contributed by atoms with Gasteiger partial charge in [-0.1, -0.05) is 0 Å². The molecule has 5 N–H and O–H groups in total. The van der Waals surface area contributed by atoms with Gasteiger partial charge >= 0.3 is 59.4 Å². The van der Waals surface area contributed by atoms with Crippen LogP contribution in [0.15, 0.2) is 0 Å². The molecule has 0 unspecified atom stereocenters. The van der Waals surface area contributed by atoms with E-state index >= 15 is 0 Å². The number of nitrogens with zero attached hydrogens (tertiary/aromatic N) is 3. The second-order valence-electron chi connectivity index (χ2n) is 5.67. The molecular weight excluding hydrogens is 429 g/mol. The molecule has 0 aromatic heterocycles. The molecule has 0 fully saturated rings. The van der Waals surface area contributed by atoms with Crippen molar-refractivity contribution in [3.8, 4) is 0 Å². The van der Waals surface area contributed by atoms with Crippen LogP contribution in [-0.4, -0.2) is 129 Å². The summed E-state index contributed by atoms with van der Waals surface area (Å²) in [4.78, 5) is 57.6. The summed E-state index contributed by atoms with van der Waals surface area (Å²) in [5.41, 5.74) is 0. The predicted octanol–water partition coefficient (Wildman–Crippen LogP) is -8.68. The first-order chi connectivity index (χ1) is 12.5. The van der Waals surface area contributed by atoms with E-state index < -0.39 is 62.6 Å². The van der Waals surface area contributed by atoms with Crippen molar-refractivity contribution < 1.29 is 91.5 Å². The fourth-order valence-corrected chi connectivity index (χ4v) is 2.22. The molecule has 0 atom stereocenters. The van der Waals surface area contributed by atoms with Crippen molar-refractivity contribution in [2.75, 3.05) is 58.9 Å². The molecule has 0 saturated carbocycles. The quantitative estimate of drug-likeness (QED) is 0.139. The topological polar surface area (TPSA) is 196 Å². The summed E-state index contributed by atoms with van der Waals surface area (Å²) in [6, 6.07) is 0. The van der Waals surface area contributed by atoms with E-state index in [-0.39, 0.29) is 68.1 Å². The monoisotopic (exact) mass is 451 g/mol. The van der Waals surface area contributed by atoms with Crippen molar-refractivity contribution in [1.29, 1.82) is 0 Å². The molecule has 0 saturated heterocycles. The number of carboxylic acid groups (broad SMARTS) is 5. The van der Waals surface area contributed by atoms with Gasteiger partial charge in [0.2, 0.25) is 0 Å². The third kappa shape index (κ3) is 19.6. The van der Waals surface area contributed by atoms with Gasteiger partial charge in [0.25, 0.3) is 0 Å². The van der Waals surface area contributed by atoms with Crippen LogP contribution in [0.1, 0.15) is 0 Å². The summed E-state index contributed by atoms with van der Waals surface area (Å²) in [6.45, 7) is -2.74. The molecule has 0 aromatic carbocycles. The number of rotatable bonds is 16. The molecule has 0 bridgehead atoms. The molecule has 0 aliphatic carbocycles. The van der Waals surface area contributed by atoms with Gasteiger partial charge in [-0.15, -0.1) is 0 Å². The number of aliphatic carboxylic acids is 5. The van der Waals surface area contributed by atoms with Gasteiger partial charge in [-0.3, -0.25) is 38.7 Å². The molecule has 0 rings (SSSR count). The molecule has 162 valence electrons. The molecular formula is C14H23ClN3NaO10. The number of hydrogen-bond acceptors (Lipinski definition) is 8. The minimum atomic E-state index is -1.24. The van der Waals surface area contributed by atoms with Crippen LogP contribution in [0.5, 0.6) is 0 Å². The summed E-state index contributed by atoms with van der Waals surface area (Å²) >= 11 is 0. The van der Waals surface area contributed by atoms with Gasteiger partial charge in [-0.05, 0) is 0 Å². The van der Waals surface area contributed by atoms with E-state index in [1.807, 2.05) is 0 Å². The molecule has 15 heteroatoms. The van der Waals surface area contributed by atoms with Crippen molar-refractivity contribution in [1.82, 2.24) is 14.7 Å². The van der Waals surface area contributed by atoms with Crippen molar-refractivity contribution in [2.24, 2.45) is 0 Å². The summed E-state index contributed by atoms with van der Waals surface area (Å²) in [6.07, 6.45) is 0. The zero-order valence-corrected chi connectivity index (χ0v) is 18.6. The van der Waals surface area contributed by atoms with Gasteiger partial charge < -0.3 is 37.9 Å². The van der Waals surface area contributed by atoms with Gasteiger partial charge in [0.05, 0.1) is 32.7 Å². The third-order valence-electron chi connectivity index (χ3n) is 3.26. The molecule has 29 heavy (non-hydrogen) atoms. The van der Waals surface area contributed by atoms with Crippen LogP contribution < -0.4 is 42.0 Å². The maximum absolute atomic E-state index is 11.0. The van der Waals surface area contributed by atoms with E-state index in [0.717, 1.165) is 9.80 Å². The molecule has 0 aromatic rings. The Hall–Kier alpha value is -1.48. The van der Waals surface area contributed by atoms with Gasteiger partial charge in [0.1, 0.15) is 0 Å². The van der Waals surface area contributed by atoms with E-state index in [2.05, 4.69) is 0 Å². The Bertz CT molecular complexity index is 494. The Kier molecular flexibility index (Phi) is 19.3. The molecule has 0 aliphatic heterocycles. The van der Waals surface area contributed by atoms with Crippen LogP contribution >= 0.6 is 0 Å². The minimum Gasteiger partial charge on any atom is -1.00 e. The zero-order valence-electron chi connectivity index (χ0n) is 15.9. The van der Waals surface area contributed by atoms with E-state index in [0.29, 0.717) is 0 Å². The van der Waals surface area contributed by atoms with Crippen LogP contribution in [-0.2, 0) is 24.0 Å². The molecule has 0 spiro atoms. The zero-order chi connectivity index (χ0) is 21.0. The standard InChI is InChI=1S/C14H23N3O10.ClH.Na/c18-10(19)5-15(1-3-16(6-11(20)21)7-12(22)23)2-4-17(8-13(24)25)9-14(26)27;;/h1-9H2,(H,18,19)(H,20,21)(H,22,23)(H,24,25)(H,26,27);1H;/q;;+1/p-1. The van der Waals surface area contributed by atoms with Gasteiger partial charge in [-0.25, -0.2) is 0 Å². The number of carboxylic acids is 5. The smallest absolute Gasteiger partial charge is 1.00 e. The van der Waals surface area contributed by atoms with Crippen molar-refractivity contribution in [2.45, 2.75) is 0 Å². The van der Waals surface area contributed by atoms with E-state index in [4.69, 9.17) is 25.5 Å². The van der Waals surface area contributed by atoms with Crippen LogP contribution in [0, 0.1) is 0 Å². The minimum absolute atomic E-state index is 0. The van der Waals surface area contributed by atoms with E-state index in [1.165, 1.54) is 4.90 Å². The Morgan fingerprint density at radius 2 is 0.621 bits per heavy atom. The average Bonchev–Trinajstić information content (AvgIpc) is 2.46. The van der Waals surface area contributed by atoms with Gasteiger partial charge in [0.15, 0.2) is 0 Å². The van der Waals surface area contributed by atoms with Crippen molar-refractivity contribution in [3.05, 3.63) is 0 Å². The normalized spacial score (nSPS) is 10.3. The maximum Gasteiger partial charge on any atom is 1.00 e. The number of carbonyl (C=O) groups is 5. The number of hydrogen-bond donors (Lipinski definition) is 5. The van der Waals surface area contributed by atoms with Gasteiger partial charge in [0, 0.05) is 26.2 Å². The summed E-state index contributed by atoms with van der Waals surface area (Å²) in [5.74, 6) is -6.16. The first-order valence-electron chi connectivity index (χ1n) is 7.75. The Morgan fingerprint density at radius 1 is 0.448 bits per heavy atom. The fourth-order valence-electron chi connectivity index (χ4n) is 2.22. The van der Waals surface area contributed by atoms with Crippen LogP contribution in [0.25, 0.3) is 0 Å². The largest absolute Gasteiger partial charge is 1.00 e. The van der Waals surface area contributed by atoms with Crippen molar-refractivity contribution in [3.63, 3.8) is 0 Å². The van der Waals surface area contributed by atoms with Crippen LogP contribution in [0.4, 0.5) is 0 Å². The van der Waals surface area contributed by atoms with E-state index in [9.17, 15) is 24.0 Å². The molecule has 0 radical (unpaired) electrons. The molecule has 0 aliphatic rings. The van der Waals surface area contributed by atoms with E-state index in [1.54, 1.807) is 0 Å². The number of halogens is 1. The maximum atomic E-state index is 11.0.